The molecular formula is C19H22F2N2O2. The number of aromatic nitrogens is 1. The van der Waals surface area contributed by atoms with Crippen LogP contribution in [0.15, 0.2) is 12.1 Å². The average Bonchev–Trinajstić information content (AvgIpc) is 3.14. The minimum Gasteiger partial charge on any atom is -0.381 e. The van der Waals surface area contributed by atoms with E-state index in [0.29, 0.717) is 30.3 Å². The number of hydrogen-bond acceptors (Lipinski definition) is 2. The molecule has 134 valence electrons. The van der Waals surface area contributed by atoms with Gasteiger partial charge in [-0.1, -0.05) is 0 Å². The van der Waals surface area contributed by atoms with Gasteiger partial charge in [0, 0.05) is 48.7 Å². The highest BCUT2D eigenvalue weighted by molar-refractivity contribution is 5.85. The lowest BCUT2D eigenvalue weighted by Gasteiger charge is -2.39. The zero-order valence-corrected chi connectivity index (χ0v) is 14.3. The summed E-state index contributed by atoms with van der Waals surface area (Å²) < 4.78 is 33.1. The number of aryl methyl sites for hydroxylation is 1. The molecule has 1 amide bonds. The number of aromatic amines is 1. The SMILES string of the molecule is Cc1[nH]c2c(F)cc(F)cc2c1CCN1CC2(CCOC2)CCC1=O. The second-order valence-corrected chi connectivity index (χ2v) is 7.41. The molecule has 0 saturated carbocycles. The van der Waals surface area contributed by atoms with Crippen molar-refractivity contribution < 1.29 is 18.3 Å². The van der Waals surface area contributed by atoms with Gasteiger partial charge in [0.15, 0.2) is 0 Å². The minimum absolute atomic E-state index is 0.0986. The molecule has 0 radical (unpaired) electrons. The fraction of sp³-hybridized carbons (Fsp3) is 0.526. The lowest BCUT2D eigenvalue weighted by atomic mass is 9.79. The molecule has 25 heavy (non-hydrogen) atoms. The summed E-state index contributed by atoms with van der Waals surface area (Å²) in [4.78, 5) is 17.2. The molecule has 2 aromatic rings. The van der Waals surface area contributed by atoms with Gasteiger partial charge in [0.25, 0.3) is 0 Å². The van der Waals surface area contributed by atoms with Crippen LogP contribution in [0.5, 0.6) is 0 Å². The van der Waals surface area contributed by atoms with Gasteiger partial charge in [0.1, 0.15) is 11.6 Å². The number of amides is 1. The molecule has 1 aromatic heterocycles. The maximum Gasteiger partial charge on any atom is 0.222 e. The largest absolute Gasteiger partial charge is 0.381 e. The molecule has 1 atom stereocenters. The number of carbonyl (C=O) groups is 1. The predicted molar refractivity (Wildman–Crippen MR) is 90.3 cm³/mol. The van der Waals surface area contributed by atoms with Gasteiger partial charge < -0.3 is 14.6 Å². The summed E-state index contributed by atoms with van der Waals surface area (Å²) in [5, 5.41) is 0.568. The second-order valence-electron chi connectivity index (χ2n) is 7.41. The normalized spacial score (nSPS) is 24.0. The molecule has 1 unspecified atom stereocenters. The second kappa shape index (κ2) is 6.09. The number of rotatable bonds is 3. The molecule has 1 spiro atoms. The molecule has 0 aliphatic carbocycles. The number of likely N-dealkylation sites (tertiary alicyclic amines) is 1. The van der Waals surface area contributed by atoms with Crippen molar-refractivity contribution >= 4 is 16.8 Å². The van der Waals surface area contributed by atoms with E-state index in [1.807, 2.05) is 11.8 Å². The van der Waals surface area contributed by atoms with Gasteiger partial charge in [-0.05, 0) is 37.8 Å². The highest BCUT2D eigenvalue weighted by Crippen LogP contribution is 2.38. The monoisotopic (exact) mass is 348 g/mol. The summed E-state index contributed by atoms with van der Waals surface area (Å²) in [7, 11) is 0. The molecule has 2 aliphatic rings. The Bertz CT molecular complexity index is 824. The lowest BCUT2D eigenvalue weighted by molar-refractivity contribution is -0.137. The maximum atomic E-state index is 13.9. The van der Waals surface area contributed by atoms with E-state index in [1.54, 1.807) is 0 Å². The van der Waals surface area contributed by atoms with E-state index in [4.69, 9.17) is 4.74 Å². The highest BCUT2D eigenvalue weighted by atomic mass is 19.1. The lowest BCUT2D eigenvalue weighted by Crippen LogP contribution is -2.47. The van der Waals surface area contributed by atoms with Gasteiger partial charge >= 0.3 is 0 Å². The molecule has 2 aliphatic heterocycles. The highest BCUT2D eigenvalue weighted by Gasteiger charge is 2.41. The first kappa shape index (κ1) is 16.5. The van der Waals surface area contributed by atoms with Crippen molar-refractivity contribution in [3.8, 4) is 0 Å². The van der Waals surface area contributed by atoms with Crippen molar-refractivity contribution in [1.29, 1.82) is 0 Å². The molecule has 3 heterocycles. The van der Waals surface area contributed by atoms with Crippen molar-refractivity contribution in [3.63, 3.8) is 0 Å². The van der Waals surface area contributed by atoms with E-state index in [9.17, 15) is 13.6 Å². The molecule has 2 fully saturated rings. The first-order valence-electron chi connectivity index (χ1n) is 8.79. The van der Waals surface area contributed by atoms with Gasteiger partial charge in [-0.15, -0.1) is 0 Å². The van der Waals surface area contributed by atoms with Crippen LogP contribution in [-0.2, 0) is 16.0 Å². The minimum atomic E-state index is -0.583. The van der Waals surface area contributed by atoms with Crippen molar-refractivity contribution in [2.75, 3.05) is 26.3 Å². The first-order valence-corrected chi connectivity index (χ1v) is 8.79. The molecule has 2 saturated heterocycles. The van der Waals surface area contributed by atoms with Gasteiger partial charge in [0.2, 0.25) is 5.91 Å². The summed E-state index contributed by atoms with van der Waals surface area (Å²) in [6.45, 7) is 4.63. The van der Waals surface area contributed by atoms with Crippen molar-refractivity contribution in [1.82, 2.24) is 9.88 Å². The maximum absolute atomic E-state index is 13.9. The smallest absolute Gasteiger partial charge is 0.222 e. The quantitative estimate of drug-likeness (QED) is 0.925. The Morgan fingerprint density at radius 1 is 1.32 bits per heavy atom. The number of piperidine rings is 1. The Hall–Kier alpha value is -1.95. The number of ether oxygens (including phenoxy) is 1. The summed E-state index contributed by atoms with van der Waals surface area (Å²) in [5.74, 6) is -1.01. The Morgan fingerprint density at radius 2 is 2.16 bits per heavy atom. The van der Waals surface area contributed by atoms with Crippen LogP contribution < -0.4 is 0 Å². The Kier molecular flexibility index (Phi) is 4.02. The third kappa shape index (κ3) is 2.92. The van der Waals surface area contributed by atoms with Gasteiger partial charge in [0.05, 0.1) is 12.1 Å². The predicted octanol–water partition coefficient (Wildman–Crippen LogP) is 3.33. The Labute approximate surface area is 145 Å². The third-order valence-electron chi connectivity index (χ3n) is 5.71. The van der Waals surface area contributed by atoms with Crippen LogP contribution in [0.3, 0.4) is 0 Å². The molecule has 4 rings (SSSR count). The summed E-state index contributed by atoms with van der Waals surface area (Å²) in [6.07, 6.45) is 3.03. The molecule has 1 N–H and O–H groups in total. The van der Waals surface area contributed by atoms with Crippen molar-refractivity contribution in [2.45, 2.75) is 32.6 Å². The van der Waals surface area contributed by atoms with E-state index < -0.39 is 11.6 Å². The van der Waals surface area contributed by atoms with E-state index in [2.05, 4.69) is 4.98 Å². The van der Waals surface area contributed by atoms with Gasteiger partial charge in [-0.2, -0.15) is 0 Å². The number of nitrogens with zero attached hydrogens (tertiary/aromatic N) is 1. The molecule has 6 heteroatoms. The van der Waals surface area contributed by atoms with Crippen molar-refractivity contribution in [3.05, 3.63) is 35.0 Å². The number of fused-ring (bicyclic) bond motifs is 1. The molecule has 1 aromatic carbocycles. The zero-order valence-electron chi connectivity index (χ0n) is 14.3. The average molecular weight is 348 g/mol. The first-order chi connectivity index (χ1) is 12.0. The summed E-state index contributed by atoms with van der Waals surface area (Å²) >= 11 is 0. The van der Waals surface area contributed by atoms with Crippen LogP contribution in [0, 0.1) is 24.0 Å². The summed E-state index contributed by atoms with van der Waals surface area (Å²) in [5.41, 5.74) is 2.13. The van der Waals surface area contributed by atoms with Crippen LogP contribution in [0.25, 0.3) is 10.9 Å². The Balaban J connectivity index is 1.55. The topological polar surface area (TPSA) is 45.3 Å². The number of nitrogens with one attached hydrogen (secondary N) is 1. The standard InChI is InChI=1S/C19H22F2N2O2/c1-12-14(15-8-13(20)9-16(21)18(15)22-12)3-6-23-10-19(4-2-17(23)24)5-7-25-11-19/h8-9,22H,2-7,10-11H2,1H3. The van der Waals surface area contributed by atoms with E-state index in [-0.39, 0.29) is 11.3 Å². The Morgan fingerprint density at radius 3 is 2.92 bits per heavy atom. The number of hydrogen-bond donors (Lipinski definition) is 1. The van der Waals surface area contributed by atoms with Crippen LogP contribution >= 0.6 is 0 Å². The fourth-order valence-corrected chi connectivity index (χ4v) is 4.25. The van der Waals surface area contributed by atoms with E-state index in [0.717, 1.165) is 49.9 Å². The van der Waals surface area contributed by atoms with Crippen molar-refractivity contribution in [2.24, 2.45) is 5.41 Å². The van der Waals surface area contributed by atoms with E-state index >= 15 is 0 Å². The van der Waals surface area contributed by atoms with Crippen LogP contribution in [-0.4, -0.2) is 42.1 Å². The van der Waals surface area contributed by atoms with Gasteiger partial charge in [-0.3, -0.25) is 4.79 Å². The van der Waals surface area contributed by atoms with Crippen LogP contribution in [0.4, 0.5) is 8.78 Å². The molecule has 0 bridgehead atoms. The summed E-state index contributed by atoms with van der Waals surface area (Å²) in [6, 6.07) is 2.25. The number of benzene rings is 1. The third-order valence-corrected chi connectivity index (χ3v) is 5.71. The zero-order chi connectivity index (χ0) is 17.6. The molecule has 4 nitrogen and oxygen atoms in total. The van der Waals surface area contributed by atoms with E-state index in [1.165, 1.54) is 6.07 Å². The number of carbonyl (C=O) groups excluding carboxylic acids is 1. The van der Waals surface area contributed by atoms with Gasteiger partial charge in [-0.25, -0.2) is 8.78 Å². The number of halogens is 2. The fourth-order valence-electron chi connectivity index (χ4n) is 4.25. The van der Waals surface area contributed by atoms with Crippen LogP contribution in [0.1, 0.15) is 30.5 Å². The molecular weight excluding hydrogens is 326 g/mol. The number of H-pyrrole nitrogens is 1. The van der Waals surface area contributed by atoms with Crippen LogP contribution in [0.2, 0.25) is 0 Å².